The average molecular weight is 265 g/mol. The monoisotopic (exact) mass is 264 g/mol. The maximum absolute atomic E-state index is 5.82. The van der Waals surface area contributed by atoms with Gasteiger partial charge in [-0.25, -0.2) is 9.97 Å². The molecule has 3 N–H and O–H groups in total. The van der Waals surface area contributed by atoms with Gasteiger partial charge in [0.25, 0.3) is 0 Å². The number of anilines is 2. The SMILES string of the molecule is COc1c(N)ncnc1NCc1ccc(Cl)cc1. The fourth-order valence-electron chi connectivity index (χ4n) is 1.50. The molecule has 0 spiro atoms. The Morgan fingerprint density at radius 2 is 2.00 bits per heavy atom. The summed E-state index contributed by atoms with van der Waals surface area (Å²) in [6.45, 7) is 0.601. The highest BCUT2D eigenvalue weighted by Crippen LogP contribution is 2.26. The van der Waals surface area contributed by atoms with Gasteiger partial charge < -0.3 is 15.8 Å². The molecule has 1 aromatic heterocycles. The fourth-order valence-corrected chi connectivity index (χ4v) is 1.63. The van der Waals surface area contributed by atoms with Crippen LogP contribution in [0.25, 0.3) is 0 Å². The molecule has 0 fully saturated rings. The second-order valence-corrected chi connectivity index (χ2v) is 4.06. The van der Waals surface area contributed by atoms with Crippen molar-refractivity contribution in [2.24, 2.45) is 0 Å². The molecule has 0 aliphatic carbocycles. The van der Waals surface area contributed by atoms with E-state index in [0.29, 0.717) is 29.0 Å². The van der Waals surface area contributed by atoms with E-state index in [1.165, 1.54) is 13.4 Å². The van der Waals surface area contributed by atoms with Crippen LogP contribution in [0.1, 0.15) is 5.56 Å². The number of nitrogens with one attached hydrogen (secondary N) is 1. The molecule has 0 amide bonds. The van der Waals surface area contributed by atoms with Gasteiger partial charge in [-0.05, 0) is 17.7 Å². The number of nitrogens with zero attached hydrogens (tertiary/aromatic N) is 2. The van der Waals surface area contributed by atoms with Crippen LogP contribution in [-0.4, -0.2) is 17.1 Å². The molecule has 1 heterocycles. The summed E-state index contributed by atoms with van der Waals surface area (Å²) < 4.78 is 5.15. The predicted molar refractivity (Wildman–Crippen MR) is 71.8 cm³/mol. The molecule has 18 heavy (non-hydrogen) atoms. The van der Waals surface area contributed by atoms with Crippen molar-refractivity contribution in [2.45, 2.75) is 6.54 Å². The van der Waals surface area contributed by atoms with Crippen molar-refractivity contribution in [1.29, 1.82) is 0 Å². The number of nitrogen functional groups attached to an aromatic ring is 1. The molecule has 0 unspecified atom stereocenters. The van der Waals surface area contributed by atoms with Crippen LogP contribution >= 0.6 is 11.6 Å². The number of hydrogen-bond donors (Lipinski definition) is 2. The van der Waals surface area contributed by atoms with Gasteiger partial charge in [-0.15, -0.1) is 0 Å². The minimum Gasteiger partial charge on any atom is -0.490 e. The molecular weight excluding hydrogens is 252 g/mol. The highest BCUT2D eigenvalue weighted by atomic mass is 35.5. The van der Waals surface area contributed by atoms with Gasteiger partial charge in [-0.1, -0.05) is 23.7 Å². The molecule has 0 bridgehead atoms. The second kappa shape index (κ2) is 5.55. The Bertz CT molecular complexity index is 530. The topological polar surface area (TPSA) is 73.1 Å². The van der Waals surface area contributed by atoms with Gasteiger partial charge in [0.05, 0.1) is 7.11 Å². The van der Waals surface area contributed by atoms with Crippen molar-refractivity contribution in [3.8, 4) is 5.75 Å². The number of rotatable bonds is 4. The molecule has 0 aliphatic rings. The van der Waals surface area contributed by atoms with Crippen LogP contribution in [0.4, 0.5) is 11.6 Å². The zero-order valence-corrected chi connectivity index (χ0v) is 10.6. The van der Waals surface area contributed by atoms with E-state index in [4.69, 9.17) is 22.1 Å². The molecule has 2 rings (SSSR count). The number of nitrogens with two attached hydrogens (primary N) is 1. The number of halogens is 1. The number of aromatic nitrogens is 2. The van der Waals surface area contributed by atoms with Gasteiger partial charge >= 0.3 is 0 Å². The van der Waals surface area contributed by atoms with Crippen molar-refractivity contribution in [1.82, 2.24) is 9.97 Å². The Labute approximate surface area is 110 Å². The van der Waals surface area contributed by atoms with Gasteiger partial charge in [-0.3, -0.25) is 0 Å². The second-order valence-electron chi connectivity index (χ2n) is 3.62. The van der Waals surface area contributed by atoms with E-state index in [-0.39, 0.29) is 0 Å². The standard InChI is InChI=1S/C12H13ClN4O/c1-18-10-11(14)16-7-17-12(10)15-6-8-2-4-9(13)5-3-8/h2-5,7H,6H2,1H3,(H3,14,15,16,17). The summed E-state index contributed by atoms with van der Waals surface area (Å²) in [6.07, 6.45) is 1.39. The zero-order chi connectivity index (χ0) is 13.0. The van der Waals surface area contributed by atoms with E-state index in [1.54, 1.807) is 0 Å². The molecule has 0 atom stereocenters. The molecule has 5 nitrogen and oxygen atoms in total. The van der Waals surface area contributed by atoms with Gasteiger partial charge in [0.15, 0.2) is 11.6 Å². The third kappa shape index (κ3) is 2.81. The average Bonchev–Trinajstić information content (AvgIpc) is 2.38. The third-order valence-corrected chi connectivity index (χ3v) is 2.66. The summed E-state index contributed by atoms with van der Waals surface area (Å²) >= 11 is 5.82. The number of methoxy groups -OCH3 is 1. The summed E-state index contributed by atoms with van der Waals surface area (Å²) in [7, 11) is 1.53. The Kier molecular flexibility index (Phi) is 3.84. The maximum atomic E-state index is 5.82. The van der Waals surface area contributed by atoms with Gasteiger partial charge in [0, 0.05) is 11.6 Å². The van der Waals surface area contributed by atoms with E-state index in [0.717, 1.165) is 5.56 Å². The summed E-state index contributed by atoms with van der Waals surface area (Å²) in [5, 5.41) is 3.85. The van der Waals surface area contributed by atoms with Crippen LogP contribution < -0.4 is 15.8 Å². The summed E-state index contributed by atoms with van der Waals surface area (Å²) in [5.74, 6) is 1.33. The Balaban J connectivity index is 2.10. The van der Waals surface area contributed by atoms with Crippen LogP contribution in [0.2, 0.25) is 5.02 Å². The molecular formula is C12H13ClN4O. The van der Waals surface area contributed by atoms with E-state index in [2.05, 4.69) is 15.3 Å². The summed E-state index contributed by atoms with van der Waals surface area (Å²) in [5.41, 5.74) is 6.77. The first-order valence-corrected chi connectivity index (χ1v) is 5.71. The Hall–Kier alpha value is -2.01. The van der Waals surface area contributed by atoms with Crippen LogP contribution in [0.3, 0.4) is 0 Å². The molecule has 0 saturated heterocycles. The highest BCUT2D eigenvalue weighted by Gasteiger charge is 2.08. The number of hydrogen-bond acceptors (Lipinski definition) is 5. The predicted octanol–water partition coefficient (Wildman–Crippen LogP) is 2.33. The van der Waals surface area contributed by atoms with E-state index in [1.807, 2.05) is 24.3 Å². The van der Waals surface area contributed by atoms with Gasteiger partial charge in [0.2, 0.25) is 5.75 Å². The zero-order valence-electron chi connectivity index (χ0n) is 9.85. The molecule has 1 aromatic carbocycles. The van der Waals surface area contributed by atoms with E-state index >= 15 is 0 Å². The van der Waals surface area contributed by atoms with Crippen LogP contribution in [-0.2, 0) is 6.54 Å². The first kappa shape index (κ1) is 12.4. The molecule has 0 aliphatic heterocycles. The number of ether oxygens (including phenoxy) is 1. The van der Waals surface area contributed by atoms with Crippen molar-refractivity contribution >= 4 is 23.2 Å². The minimum atomic E-state index is 0.311. The fraction of sp³-hybridized carbons (Fsp3) is 0.167. The Morgan fingerprint density at radius 3 is 2.67 bits per heavy atom. The normalized spacial score (nSPS) is 10.1. The van der Waals surface area contributed by atoms with Gasteiger partial charge in [-0.2, -0.15) is 0 Å². The quantitative estimate of drug-likeness (QED) is 0.887. The smallest absolute Gasteiger partial charge is 0.203 e. The van der Waals surface area contributed by atoms with Crippen molar-refractivity contribution in [3.63, 3.8) is 0 Å². The van der Waals surface area contributed by atoms with Crippen LogP contribution in [0, 0.1) is 0 Å². The molecule has 0 saturated carbocycles. The third-order valence-electron chi connectivity index (χ3n) is 2.41. The van der Waals surface area contributed by atoms with Crippen molar-refractivity contribution in [2.75, 3.05) is 18.2 Å². The Morgan fingerprint density at radius 1 is 1.28 bits per heavy atom. The highest BCUT2D eigenvalue weighted by molar-refractivity contribution is 6.30. The first-order chi connectivity index (χ1) is 8.70. The van der Waals surface area contributed by atoms with Gasteiger partial charge in [0.1, 0.15) is 6.33 Å². The molecule has 94 valence electrons. The minimum absolute atomic E-state index is 0.311. The van der Waals surface area contributed by atoms with Crippen LogP contribution in [0.15, 0.2) is 30.6 Å². The lowest BCUT2D eigenvalue weighted by Crippen LogP contribution is -2.06. The lowest BCUT2D eigenvalue weighted by molar-refractivity contribution is 0.415. The first-order valence-electron chi connectivity index (χ1n) is 5.33. The van der Waals surface area contributed by atoms with Crippen LogP contribution in [0.5, 0.6) is 5.75 Å². The molecule has 0 radical (unpaired) electrons. The van der Waals surface area contributed by atoms with E-state index < -0.39 is 0 Å². The maximum Gasteiger partial charge on any atom is 0.203 e. The summed E-state index contributed by atoms with van der Waals surface area (Å²) in [6, 6.07) is 7.55. The lowest BCUT2D eigenvalue weighted by Gasteiger charge is -2.10. The van der Waals surface area contributed by atoms with E-state index in [9.17, 15) is 0 Å². The van der Waals surface area contributed by atoms with Crippen molar-refractivity contribution < 1.29 is 4.74 Å². The molecule has 2 aromatic rings. The number of benzene rings is 1. The lowest BCUT2D eigenvalue weighted by atomic mass is 10.2. The largest absolute Gasteiger partial charge is 0.490 e. The van der Waals surface area contributed by atoms with Crippen molar-refractivity contribution in [3.05, 3.63) is 41.2 Å². The molecule has 6 heteroatoms. The summed E-state index contributed by atoms with van der Waals surface area (Å²) in [4.78, 5) is 7.95.